The van der Waals surface area contributed by atoms with Crippen LogP contribution in [0.5, 0.6) is 0 Å². The molecule has 24 heavy (non-hydrogen) atoms. The van der Waals surface area contributed by atoms with Crippen molar-refractivity contribution in [1.82, 2.24) is 9.88 Å². The molecule has 4 nitrogen and oxygen atoms in total. The molecule has 0 saturated carbocycles. The first-order chi connectivity index (χ1) is 11.3. The molecular weight excluding hydrogens is 299 g/mol. The fourth-order valence-electron chi connectivity index (χ4n) is 3.95. The molecule has 3 aliphatic heterocycles. The number of hydrogen-bond donors (Lipinski definition) is 0. The first kappa shape index (κ1) is 16.3. The van der Waals surface area contributed by atoms with Gasteiger partial charge in [0.1, 0.15) is 0 Å². The zero-order valence-electron chi connectivity index (χ0n) is 15.4. The molecule has 4 rings (SSSR count). The quantitative estimate of drug-likeness (QED) is 0.783. The third-order valence-corrected chi connectivity index (χ3v) is 6.38. The van der Waals surface area contributed by atoms with Crippen molar-refractivity contribution in [2.45, 2.75) is 70.2 Å². The van der Waals surface area contributed by atoms with E-state index in [0.717, 1.165) is 17.6 Å². The molecule has 2 saturated heterocycles. The Morgan fingerprint density at radius 1 is 1.12 bits per heavy atom. The molecule has 0 N–H and O–H groups in total. The predicted molar refractivity (Wildman–Crippen MR) is 97.1 cm³/mol. The van der Waals surface area contributed by atoms with Crippen LogP contribution in [0, 0.1) is 0 Å². The Morgan fingerprint density at radius 3 is 2.42 bits per heavy atom. The summed E-state index contributed by atoms with van der Waals surface area (Å²) in [6, 6.07) is 5.49. The first-order valence-corrected chi connectivity index (χ1v) is 9.01. The minimum Gasteiger partial charge on any atom is -0.399 e. The molecule has 0 aliphatic carbocycles. The molecule has 2 bridgehead atoms. The van der Waals surface area contributed by atoms with Crippen molar-refractivity contribution in [3.05, 3.63) is 30.1 Å². The maximum Gasteiger partial charge on any atom is 0.496 e. The topological polar surface area (TPSA) is 34.6 Å². The van der Waals surface area contributed by atoms with Gasteiger partial charge in [-0.05, 0) is 65.6 Å². The highest BCUT2D eigenvalue weighted by molar-refractivity contribution is 6.62. The minimum atomic E-state index is -0.334. The molecule has 0 spiro atoms. The van der Waals surface area contributed by atoms with Crippen molar-refractivity contribution < 1.29 is 9.31 Å². The second kappa shape index (κ2) is 5.42. The lowest BCUT2D eigenvalue weighted by atomic mass is 9.80. The molecule has 0 aromatic carbocycles. The summed E-state index contributed by atoms with van der Waals surface area (Å²) in [5.74, 6) is 0. The third kappa shape index (κ3) is 2.54. The Bertz CT molecular complexity index is 652. The normalized spacial score (nSPS) is 31.4. The van der Waals surface area contributed by atoms with Crippen LogP contribution in [0.1, 0.15) is 52.7 Å². The number of pyridine rings is 1. The van der Waals surface area contributed by atoms with Gasteiger partial charge in [-0.25, -0.2) is 0 Å². The summed E-state index contributed by atoms with van der Waals surface area (Å²) in [6.45, 7) is 8.31. The van der Waals surface area contributed by atoms with Gasteiger partial charge in [-0.15, -0.1) is 0 Å². The molecule has 3 aliphatic rings. The number of fused-ring (bicyclic) bond motifs is 2. The van der Waals surface area contributed by atoms with E-state index in [-0.39, 0.29) is 18.3 Å². The van der Waals surface area contributed by atoms with Crippen molar-refractivity contribution in [2.24, 2.45) is 0 Å². The number of aromatic nitrogens is 1. The van der Waals surface area contributed by atoms with Gasteiger partial charge in [0.15, 0.2) is 0 Å². The Morgan fingerprint density at radius 2 is 1.83 bits per heavy atom. The van der Waals surface area contributed by atoms with Crippen LogP contribution in [-0.2, 0) is 9.31 Å². The summed E-state index contributed by atoms with van der Waals surface area (Å²) in [6.07, 6.45) is 8.00. The van der Waals surface area contributed by atoms with Gasteiger partial charge in [0.2, 0.25) is 0 Å². The summed E-state index contributed by atoms with van der Waals surface area (Å²) in [5.41, 5.74) is 2.85. The number of likely N-dealkylation sites (N-methyl/N-ethyl adjacent to an activating group) is 1. The van der Waals surface area contributed by atoms with E-state index in [2.05, 4.69) is 57.9 Å². The number of hydrogen-bond acceptors (Lipinski definition) is 4. The lowest BCUT2D eigenvalue weighted by Crippen LogP contribution is -2.41. The summed E-state index contributed by atoms with van der Waals surface area (Å²) >= 11 is 0. The van der Waals surface area contributed by atoms with Crippen LogP contribution in [0.15, 0.2) is 24.4 Å². The van der Waals surface area contributed by atoms with E-state index in [0.29, 0.717) is 12.1 Å². The Labute approximate surface area is 145 Å². The van der Waals surface area contributed by atoms with Crippen molar-refractivity contribution >= 4 is 18.2 Å². The molecule has 2 atom stereocenters. The molecule has 0 radical (unpaired) electrons. The maximum atomic E-state index is 6.11. The van der Waals surface area contributed by atoms with Crippen LogP contribution in [-0.4, -0.2) is 47.3 Å². The van der Waals surface area contributed by atoms with Gasteiger partial charge in [-0.1, -0.05) is 12.1 Å². The molecule has 4 heterocycles. The van der Waals surface area contributed by atoms with E-state index in [4.69, 9.17) is 14.3 Å². The van der Waals surface area contributed by atoms with Gasteiger partial charge in [-0.2, -0.15) is 0 Å². The van der Waals surface area contributed by atoms with Crippen LogP contribution in [0.4, 0.5) is 0 Å². The molecule has 2 unspecified atom stereocenters. The smallest absolute Gasteiger partial charge is 0.399 e. The van der Waals surface area contributed by atoms with E-state index in [1.54, 1.807) is 0 Å². The van der Waals surface area contributed by atoms with Crippen LogP contribution in [0.25, 0.3) is 5.57 Å². The Hall–Kier alpha value is -1.17. The van der Waals surface area contributed by atoms with Crippen molar-refractivity contribution in [3.63, 3.8) is 0 Å². The van der Waals surface area contributed by atoms with E-state index >= 15 is 0 Å². The van der Waals surface area contributed by atoms with Gasteiger partial charge >= 0.3 is 7.12 Å². The molecule has 1 aromatic rings. The number of rotatable bonds is 2. The highest BCUT2D eigenvalue weighted by Crippen LogP contribution is 2.38. The zero-order valence-corrected chi connectivity index (χ0v) is 15.4. The molecule has 5 heteroatoms. The van der Waals surface area contributed by atoms with Crippen molar-refractivity contribution in [1.29, 1.82) is 0 Å². The Kier molecular flexibility index (Phi) is 3.68. The predicted octanol–water partition coefficient (Wildman–Crippen LogP) is 2.63. The summed E-state index contributed by atoms with van der Waals surface area (Å²) in [4.78, 5) is 7.22. The van der Waals surface area contributed by atoms with Gasteiger partial charge in [-0.3, -0.25) is 9.88 Å². The summed E-state index contributed by atoms with van der Waals surface area (Å²) in [7, 11) is 1.91. The largest absolute Gasteiger partial charge is 0.496 e. The summed E-state index contributed by atoms with van der Waals surface area (Å²) in [5, 5.41) is 0. The van der Waals surface area contributed by atoms with Gasteiger partial charge in [0.05, 0.1) is 16.9 Å². The van der Waals surface area contributed by atoms with E-state index in [1.165, 1.54) is 18.4 Å². The Balaban J connectivity index is 1.53. The lowest BCUT2D eigenvalue weighted by Gasteiger charge is -2.32. The fourth-order valence-corrected chi connectivity index (χ4v) is 3.95. The van der Waals surface area contributed by atoms with Crippen LogP contribution in [0.3, 0.4) is 0 Å². The first-order valence-electron chi connectivity index (χ1n) is 9.01. The highest BCUT2D eigenvalue weighted by Gasteiger charge is 2.51. The standard InChI is InChI=1S/C19H27BN2O2/c1-18(2)19(3,4)24-20(23-18)14-6-9-17(21-12-14)13-10-15-7-8-16(11-13)22(15)5/h6,9-10,12,15-16H,7-8,11H2,1-5H3. The zero-order chi connectivity index (χ0) is 17.1. The molecule has 128 valence electrons. The maximum absolute atomic E-state index is 6.11. The van der Waals surface area contributed by atoms with Gasteiger partial charge < -0.3 is 9.31 Å². The molecule has 1 aromatic heterocycles. The second-order valence-corrected chi connectivity index (χ2v) is 8.43. The van der Waals surface area contributed by atoms with E-state index in [1.807, 2.05) is 6.20 Å². The van der Waals surface area contributed by atoms with Crippen LogP contribution >= 0.6 is 0 Å². The van der Waals surface area contributed by atoms with E-state index in [9.17, 15) is 0 Å². The molecule has 0 amide bonds. The van der Waals surface area contributed by atoms with Crippen molar-refractivity contribution in [3.8, 4) is 0 Å². The average Bonchev–Trinajstić information content (AvgIpc) is 2.87. The molecule has 2 fully saturated rings. The second-order valence-electron chi connectivity index (χ2n) is 8.43. The SMILES string of the molecule is CN1C2C=C(c3ccc(B4OC(C)(C)C(C)(C)O4)cn3)CC1CC2. The minimum absolute atomic E-state index is 0.313. The van der Waals surface area contributed by atoms with Crippen LogP contribution < -0.4 is 5.46 Å². The highest BCUT2D eigenvalue weighted by atomic mass is 16.7. The van der Waals surface area contributed by atoms with Crippen LogP contribution in [0.2, 0.25) is 0 Å². The van der Waals surface area contributed by atoms with Crippen molar-refractivity contribution in [2.75, 3.05) is 7.05 Å². The third-order valence-electron chi connectivity index (χ3n) is 6.38. The summed E-state index contributed by atoms with van der Waals surface area (Å²) < 4.78 is 12.2. The number of nitrogens with zero attached hydrogens (tertiary/aromatic N) is 2. The van der Waals surface area contributed by atoms with E-state index < -0.39 is 0 Å². The molecular formula is C19H27BN2O2. The van der Waals surface area contributed by atoms with Gasteiger partial charge in [0, 0.05) is 23.7 Å². The fraction of sp³-hybridized carbons (Fsp3) is 0.632. The average molecular weight is 326 g/mol. The lowest BCUT2D eigenvalue weighted by molar-refractivity contribution is 0.00578. The monoisotopic (exact) mass is 326 g/mol. The van der Waals surface area contributed by atoms with Gasteiger partial charge in [0.25, 0.3) is 0 Å².